The van der Waals surface area contributed by atoms with E-state index in [9.17, 15) is 0 Å². The molecule has 0 N–H and O–H groups in total. The van der Waals surface area contributed by atoms with Crippen LogP contribution in [0.1, 0.15) is 35.1 Å². The van der Waals surface area contributed by atoms with E-state index in [0.29, 0.717) is 11.8 Å². The molecular weight excluding hydrogens is 228 g/mol. The second kappa shape index (κ2) is 4.09. The summed E-state index contributed by atoms with van der Waals surface area (Å²) in [7, 11) is 0. The molecule has 0 bridgehead atoms. The van der Waals surface area contributed by atoms with Crippen LogP contribution in [0, 0.1) is 5.92 Å². The largest absolute Gasteiger partial charge is 0.0731 e. The molecule has 0 fully saturated rings. The van der Waals surface area contributed by atoms with Gasteiger partial charge in [-0.15, -0.1) is 0 Å². The van der Waals surface area contributed by atoms with Gasteiger partial charge in [0.1, 0.15) is 0 Å². The van der Waals surface area contributed by atoms with Crippen molar-refractivity contribution in [3.8, 4) is 0 Å². The average molecular weight is 246 g/mol. The third-order valence-corrected chi connectivity index (χ3v) is 4.68. The second-order valence-electron chi connectivity index (χ2n) is 5.87. The molecule has 0 saturated heterocycles. The van der Waals surface area contributed by atoms with Crippen LogP contribution in [0.5, 0.6) is 0 Å². The van der Waals surface area contributed by atoms with Gasteiger partial charge in [-0.05, 0) is 52.5 Å². The molecule has 0 nitrogen and oxygen atoms in total. The molecule has 2 aliphatic rings. The van der Waals surface area contributed by atoms with Gasteiger partial charge in [-0.3, -0.25) is 0 Å². The quantitative estimate of drug-likeness (QED) is 0.637. The normalized spacial score (nSPS) is 23.9. The van der Waals surface area contributed by atoms with Gasteiger partial charge in [-0.25, -0.2) is 0 Å². The summed E-state index contributed by atoms with van der Waals surface area (Å²) in [6.45, 7) is 2.33. The molecule has 2 aromatic rings. The molecule has 0 amide bonds. The lowest BCUT2D eigenvalue weighted by Gasteiger charge is -2.12. The van der Waals surface area contributed by atoms with Crippen molar-refractivity contribution in [1.29, 1.82) is 0 Å². The molecule has 2 aliphatic carbocycles. The van der Waals surface area contributed by atoms with Crippen LogP contribution in [-0.2, 0) is 12.8 Å². The minimum atomic E-state index is 0.530. The number of benzene rings is 2. The first-order valence-electron chi connectivity index (χ1n) is 7.21. The fraction of sp³-hybridized carbons (Fsp3) is 0.263. The minimum absolute atomic E-state index is 0.530. The van der Waals surface area contributed by atoms with E-state index < -0.39 is 0 Å². The van der Waals surface area contributed by atoms with Crippen molar-refractivity contribution in [2.24, 2.45) is 5.92 Å². The lowest BCUT2D eigenvalue weighted by Crippen LogP contribution is -2.03. The Balaban J connectivity index is 1.86. The molecule has 2 atom stereocenters. The second-order valence-corrected chi connectivity index (χ2v) is 5.87. The van der Waals surface area contributed by atoms with Gasteiger partial charge in [0, 0.05) is 0 Å². The summed E-state index contributed by atoms with van der Waals surface area (Å²) in [5.74, 6) is 1.21. The molecule has 19 heavy (non-hydrogen) atoms. The number of hydrogen-bond donors (Lipinski definition) is 0. The van der Waals surface area contributed by atoms with Gasteiger partial charge in [0.05, 0.1) is 0 Å². The Bertz CT molecular complexity index is 663. The van der Waals surface area contributed by atoms with Crippen LogP contribution >= 0.6 is 0 Å². The van der Waals surface area contributed by atoms with E-state index in [1.165, 1.54) is 29.5 Å². The monoisotopic (exact) mass is 246 g/mol. The summed E-state index contributed by atoms with van der Waals surface area (Å²) in [5, 5.41) is 0. The third kappa shape index (κ3) is 1.67. The molecule has 2 aromatic carbocycles. The van der Waals surface area contributed by atoms with E-state index in [2.05, 4.69) is 61.5 Å². The number of hydrogen-bond acceptors (Lipinski definition) is 0. The number of allylic oxidation sites excluding steroid dienone is 2. The van der Waals surface area contributed by atoms with Crippen LogP contribution in [-0.4, -0.2) is 0 Å². The van der Waals surface area contributed by atoms with Crippen molar-refractivity contribution in [2.75, 3.05) is 0 Å². The molecule has 0 aliphatic heterocycles. The highest BCUT2D eigenvalue weighted by Crippen LogP contribution is 2.43. The van der Waals surface area contributed by atoms with Gasteiger partial charge in [0.25, 0.3) is 0 Å². The standard InChI is InChI=1S/C19H18/c1-13-10-19-16(11-14-6-2-4-8-17(13)14)12-15-7-3-5-9-18(15)19/h2-10,13,16H,11-12H2,1H3. The highest BCUT2D eigenvalue weighted by atomic mass is 14.3. The van der Waals surface area contributed by atoms with Crippen LogP contribution in [0.2, 0.25) is 0 Å². The fourth-order valence-electron chi connectivity index (χ4n) is 3.77. The molecule has 0 saturated carbocycles. The van der Waals surface area contributed by atoms with Crippen molar-refractivity contribution >= 4 is 5.57 Å². The van der Waals surface area contributed by atoms with Gasteiger partial charge >= 0.3 is 0 Å². The maximum absolute atomic E-state index is 2.50. The van der Waals surface area contributed by atoms with Crippen molar-refractivity contribution in [1.82, 2.24) is 0 Å². The van der Waals surface area contributed by atoms with Crippen LogP contribution in [0.3, 0.4) is 0 Å². The maximum atomic E-state index is 2.50. The van der Waals surface area contributed by atoms with Crippen molar-refractivity contribution in [2.45, 2.75) is 25.7 Å². The van der Waals surface area contributed by atoms with Crippen LogP contribution < -0.4 is 0 Å². The maximum Gasteiger partial charge on any atom is -0.000156 e. The van der Waals surface area contributed by atoms with E-state index in [-0.39, 0.29) is 0 Å². The van der Waals surface area contributed by atoms with Gasteiger partial charge in [-0.1, -0.05) is 61.5 Å². The summed E-state index contributed by atoms with van der Waals surface area (Å²) >= 11 is 0. The van der Waals surface area contributed by atoms with Crippen molar-refractivity contribution in [3.63, 3.8) is 0 Å². The number of fused-ring (bicyclic) bond motifs is 4. The zero-order valence-corrected chi connectivity index (χ0v) is 11.3. The zero-order chi connectivity index (χ0) is 12.8. The lowest BCUT2D eigenvalue weighted by molar-refractivity contribution is 0.691. The highest BCUT2D eigenvalue weighted by Gasteiger charge is 2.30. The van der Waals surface area contributed by atoms with Crippen LogP contribution in [0.4, 0.5) is 0 Å². The molecule has 2 unspecified atom stereocenters. The molecule has 94 valence electrons. The summed E-state index contributed by atoms with van der Waals surface area (Å²) in [6, 6.07) is 17.9. The first-order valence-corrected chi connectivity index (χ1v) is 7.21. The molecule has 0 heteroatoms. The highest BCUT2D eigenvalue weighted by molar-refractivity contribution is 5.76. The van der Waals surface area contributed by atoms with E-state index in [4.69, 9.17) is 0 Å². The Morgan fingerprint density at radius 2 is 1.53 bits per heavy atom. The molecular formula is C19H18. The first-order chi connectivity index (χ1) is 9.33. The fourth-order valence-corrected chi connectivity index (χ4v) is 3.77. The van der Waals surface area contributed by atoms with Crippen molar-refractivity contribution in [3.05, 3.63) is 76.9 Å². The Kier molecular flexibility index (Phi) is 2.38. The lowest BCUT2D eigenvalue weighted by atomic mass is 9.93. The van der Waals surface area contributed by atoms with E-state index >= 15 is 0 Å². The van der Waals surface area contributed by atoms with Gasteiger partial charge in [-0.2, -0.15) is 0 Å². The Morgan fingerprint density at radius 3 is 2.42 bits per heavy atom. The minimum Gasteiger partial charge on any atom is -0.0731 e. The van der Waals surface area contributed by atoms with E-state index in [0.717, 1.165) is 0 Å². The van der Waals surface area contributed by atoms with E-state index in [1.807, 2.05) is 0 Å². The summed E-state index contributed by atoms with van der Waals surface area (Å²) in [4.78, 5) is 0. The van der Waals surface area contributed by atoms with E-state index in [1.54, 1.807) is 11.1 Å². The molecule has 0 radical (unpaired) electrons. The van der Waals surface area contributed by atoms with Crippen molar-refractivity contribution < 1.29 is 0 Å². The van der Waals surface area contributed by atoms with Gasteiger partial charge in [0.2, 0.25) is 0 Å². The van der Waals surface area contributed by atoms with Crippen LogP contribution in [0.15, 0.2) is 54.6 Å². The number of rotatable bonds is 0. The molecule has 0 spiro atoms. The Morgan fingerprint density at radius 1 is 0.842 bits per heavy atom. The average Bonchev–Trinajstić information content (AvgIpc) is 2.70. The Labute approximate surface area is 114 Å². The summed E-state index contributed by atoms with van der Waals surface area (Å²) < 4.78 is 0. The topological polar surface area (TPSA) is 0 Å². The smallest absolute Gasteiger partial charge is 0.000156 e. The SMILES string of the molecule is CC1C=C2c3ccccc3CC2Cc2ccccc21. The zero-order valence-electron chi connectivity index (χ0n) is 11.3. The summed E-state index contributed by atoms with van der Waals surface area (Å²) in [6.07, 6.45) is 4.91. The van der Waals surface area contributed by atoms with Gasteiger partial charge < -0.3 is 0 Å². The summed E-state index contributed by atoms with van der Waals surface area (Å²) in [5.41, 5.74) is 7.66. The first kappa shape index (κ1) is 11.0. The van der Waals surface area contributed by atoms with Gasteiger partial charge in [0.15, 0.2) is 0 Å². The third-order valence-electron chi connectivity index (χ3n) is 4.68. The van der Waals surface area contributed by atoms with Crippen LogP contribution in [0.25, 0.3) is 5.57 Å². The molecule has 0 aromatic heterocycles. The molecule has 0 heterocycles. The predicted molar refractivity (Wildman–Crippen MR) is 80.2 cm³/mol. The Hall–Kier alpha value is -1.82. The predicted octanol–water partition coefficient (Wildman–Crippen LogP) is 4.60. The molecule has 4 rings (SSSR count).